The Morgan fingerprint density at radius 2 is 1.18 bits per heavy atom. The molecule has 67 heavy (non-hydrogen) atoms. The van der Waals surface area contributed by atoms with Crippen molar-refractivity contribution >= 4 is 0 Å². The van der Waals surface area contributed by atoms with Crippen LogP contribution in [0, 0.1) is 52.3 Å². The number of rotatable bonds is 28. The topological polar surface area (TPSA) is 27.7 Å². The molecule has 9 atom stereocenters. The fourth-order valence-corrected chi connectivity index (χ4v) is 12.0. The monoisotopic (exact) mass is 1000 g/mol. The summed E-state index contributed by atoms with van der Waals surface area (Å²) in [5.74, 6) is -50.8. The van der Waals surface area contributed by atoms with Crippen molar-refractivity contribution in [1.82, 2.24) is 0 Å². The molecule has 0 N–H and O–H groups in total. The summed E-state index contributed by atoms with van der Waals surface area (Å²) in [4.78, 5) is 0. The van der Waals surface area contributed by atoms with E-state index in [0.717, 1.165) is 80.5 Å². The van der Waals surface area contributed by atoms with Crippen LogP contribution < -0.4 is 0 Å². The fraction of sp³-hybridized carbons (Fsp3) is 0.958. The number of alkyl halides is 16. The third-order valence-electron chi connectivity index (χ3n) is 16.1. The predicted molar refractivity (Wildman–Crippen MR) is 222 cm³/mol. The number of unbranched alkanes of at least 4 members (excludes halogenated alkanes) is 5. The normalized spacial score (nSPS) is 28.9. The highest BCUT2D eigenvalue weighted by atomic mass is 19.4. The van der Waals surface area contributed by atoms with Crippen molar-refractivity contribution in [3.05, 3.63) is 11.6 Å². The van der Waals surface area contributed by atoms with Crippen LogP contribution in [0.3, 0.4) is 0 Å². The van der Waals surface area contributed by atoms with Gasteiger partial charge < -0.3 is 14.2 Å². The number of halogens is 16. The van der Waals surface area contributed by atoms with Gasteiger partial charge in [-0.25, -0.2) is 8.78 Å². The van der Waals surface area contributed by atoms with E-state index in [-0.39, 0.29) is 24.7 Å². The predicted octanol–water partition coefficient (Wildman–Crippen LogP) is 16.1. The zero-order valence-corrected chi connectivity index (χ0v) is 39.6. The van der Waals surface area contributed by atoms with Crippen molar-refractivity contribution < 1.29 is 84.5 Å². The molecule has 0 heterocycles. The molecular formula is C48H72F16O3. The molecule has 4 rings (SSSR count). The molecule has 0 bridgehead atoms. The van der Waals surface area contributed by atoms with Crippen LogP contribution in [0.15, 0.2) is 11.6 Å². The van der Waals surface area contributed by atoms with E-state index >= 15 is 0 Å². The first kappa shape index (κ1) is 58.1. The quantitative estimate of drug-likeness (QED) is 0.0444. The van der Waals surface area contributed by atoms with Crippen LogP contribution in [-0.4, -0.2) is 87.0 Å². The maximum atomic E-state index is 14.1. The van der Waals surface area contributed by atoms with Gasteiger partial charge in [0.2, 0.25) is 0 Å². The summed E-state index contributed by atoms with van der Waals surface area (Å²) in [5.41, 5.74) is 2.32. The molecule has 4 aliphatic rings. The number of allylic oxidation sites excluding steroid dienone is 1. The van der Waals surface area contributed by atoms with Gasteiger partial charge in [0.05, 0.1) is 19.3 Å². The molecule has 0 aromatic carbocycles. The third kappa shape index (κ3) is 11.6. The summed E-state index contributed by atoms with van der Waals surface area (Å²) in [6.07, 6.45) is 15.9. The molecule has 0 saturated heterocycles. The van der Waals surface area contributed by atoms with E-state index in [2.05, 4.69) is 45.4 Å². The van der Waals surface area contributed by atoms with Crippen LogP contribution >= 0.6 is 0 Å². The van der Waals surface area contributed by atoms with Crippen molar-refractivity contribution in [2.45, 2.75) is 205 Å². The van der Waals surface area contributed by atoms with Crippen LogP contribution in [0.4, 0.5) is 70.2 Å². The first-order valence-corrected chi connectivity index (χ1v) is 24.2. The maximum absolute atomic E-state index is 14.1. The lowest BCUT2D eigenvalue weighted by Gasteiger charge is -2.58. The third-order valence-corrected chi connectivity index (χ3v) is 16.1. The molecule has 0 aromatic rings. The Morgan fingerprint density at radius 1 is 0.612 bits per heavy atom. The van der Waals surface area contributed by atoms with Crippen LogP contribution in [0.1, 0.15) is 151 Å². The molecule has 394 valence electrons. The highest BCUT2D eigenvalue weighted by Crippen LogP contribution is 2.68. The first-order chi connectivity index (χ1) is 30.8. The summed E-state index contributed by atoms with van der Waals surface area (Å²) in [6, 6.07) is 0. The Hall–Kier alpha value is -1.50. The second-order valence-corrected chi connectivity index (χ2v) is 21.3. The molecule has 0 aromatic heterocycles. The lowest BCUT2D eigenvalue weighted by molar-refractivity contribution is -0.448. The minimum Gasteiger partial charge on any atom is -0.381 e. The molecule has 0 amide bonds. The Morgan fingerprint density at radius 3 is 1.79 bits per heavy atom. The van der Waals surface area contributed by atoms with Crippen LogP contribution in [0.2, 0.25) is 0 Å². The van der Waals surface area contributed by atoms with Gasteiger partial charge in [-0.1, -0.05) is 98.1 Å². The molecule has 0 spiro atoms. The van der Waals surface area contributed by atoms with Gasteiger partial charge in [0.15, 0.2) is 0 Å². The number of hydrogen-bond donors (Lipinski definition) is 0. The van der Waals surface area contributed by atoms with Gasteiger partial charge in [-0.2, -0.15) is 61.5 Å². The summed E-state index contributed by atoms with van der Waals surface area (Å²) in [6.45, 7) is 10.4. The Labute approximate surface area is 385 Å². The highest BCUT2D eigenvalue weighted by molar-refractivity contribution is 5.25. The smallest absolute Gasteiger partial charge is 0.381 e. The Bertz CT molecular complexity index is 1590. The summed E-state index contributed by atoms with van der Waals surface area (Å²) >= 11 is 0. The molecule has 3 fully saturated rings. The molecular weight excluding hydrogens is 928 g/mol. The van der Waals surface area contributed by atoms with E-state index in [1.165, 1.54) is 64.7 Å². The van der Waals surface area contributed by atoms with Gasteiger partial charge in [0.1, 0.15) is 6.61 Å². The maximum Gasteiger partial charge on any atom is 0.384 e. The summed E-state index contributed by atoms with van der Waals surface area (Å²) in [5, 5.41) is 0. The molecule has 2 unspecified atom stereocenters. The fourth-order valence-electron chi connectivity index (χ4n) is 12.0. The average molecular weight is 1000 g/mol. The van der Waals surface area contributed by atoms with Crippen molar-refractivity contribution in [3.63, 3.8) is 0 Å². The van der Waals surface area contributed by atoms with Crippen molar-refractivity contribution in [1.29, 1.82) is 0 Å². The second kappa shape index (κ2) is 22.1. The number of hydrogen-bond acceptors (Lipinski definition) is 3. The SMILES string of the molecule is CC(C)CCC[C@@H](C)[C@H]1CC[C@H]2[C@@H]3CC=C4CC(OCCCCCCCCOCC(C)COCC(F)(F)C(F)(F)C(F)(F)C(F)(F)C(F)(F)C(F)(F)C(F)(F)C(F)F)CC[C@]4(C)[C@H]3CC[C@]12C. The van der Waals surface area contributed by atoms with Gasteiger partial charge in [0.25, 0.3) is 0 Å². The van der Waals surface area contributed by atoms with E-state index in [1.807, 2.05) is 0 Å². The van der Waals surface area contributed by atoms with Crippen LogP contribution in [0.25, 0.3) is 0 Å². The van der Waals surface area contributed by atoms with E-state index in [0.29, 0.717) is 18.4 Å². The lowest BCUT2D eigenvalue weighted by atomic mass is 9.47. The van der Waals surface area contributed by atoms with Gasteiger partial charge in [-0.05, 0) is 111 Å². The molecule has 19 heteroatoms. The van der Waals surface area contributed by atoms with E-state index in [1.54, 1.807) is 5.57 Å². The van der Waals surface area contributed by atoms with Gasteiger partial charge >= 0.3 is 47.9 Å². The minimum absolute atomic E-state index is 0.183. The highest BCUT2D eigenvalue weighted by Gasteiger charge is 2.93. The first-order valence-electron chi connectivity index (χ1n) is 24.2. The average Bonchev–Trinajstić information content (AvgIpc) is 3.59. The van der Waals surface area contributed by atoms with E-state index in [4.69, 9.17) is 9.47 Å². The van der Waals surface area contributed by atoms with Crippen LogP contribution in [0.5, 0.6) is 0 Å². The number of ether oxygens (including phenoxy) is 3. The zero-order chi connectivity index (χ0) is 50.7. The molecule has 4 aliphatic carbocycles. The summed E-state index contributed by atoms with van der Waals surface area (Å²) < 4.78 is 233. The summed E-state index contributed by atoms with van der Waals surface area (Å²) in [7, 11) is 0. The molecule has 3 saturated carbocycles. The molecule has 0 radical (unpaired) electrons. The molecule has 0 aliphatic heterocycles. The lowest BCUT2D eigenvalue weighted by Crippen LogP contribution is -2.74. The van der Waals surface area contributed by atoms with E-state index in [9.17, 15) is 70.2 Å². The standard InChI is InChI=1S/C48H72F16O3/c1-30(2)14-13-15-32(4)36-18-19-37-35-17-16-33-26-34(20-22-40(33,5)38(35)21-23-41(36,37)6)67-25-12-10-8-7-9-11-24-65-27-31(3)28-66-29-42(51,52)44(55,56)46(59,60)48(63,64)47(61,62)45(57,58)43(53,54)39(49)50/h16,30-32,34-39H,7-15,17-29H2,1-6H3/t31?,32-,34?,35+,36-,37+,38+,40+,41-/m1/s1. The van der Waals surface area contributed by atoms with Gasteiger partial charge in [-0.3, -0.25) is 0 Å². The van der Waals surface area contributed by atoms with Gasteiger partial charge in [0, 0.05) is 19.1 Å². The van der Waals surface area contributed by atoms with Crippen molar-refractivity contribution in [2.75, 3.05) is 33.0 Å². The largest absolute Gasteiger partial charge is 0.384 e. The van der Waals surface area contributed by atoms with Crippen LogP contribution in [-0.2, 0) is 14.2 Å². The van der Waals surface area contributed by atoms with Crippen molar-refractivity contribution in [3.8, 4) is 0 Å². The van der Waals surface area contributed by atoms with E-state index < -0.39 is 67.0 Å². The van der Waals surface area contributed by atoms with Gasteiger partial charge in [-0.15, -0.1) is 0 Å². The molecule has 3 nitrogen and oxygen atoms in total. The Balaban J connectivity index is 1.08. The second-order valence-electron chi connectivity index (χ2n) is 21.3. The Kier molecular flexibility index (Phi) is 19.1. The zero-order valence-electron chi connectivity index (χ0n) is 39.6. The number of fused-ring (bicyclic) bond motifs is 5. The van der Waals surface area contributed by atoms with Crippen molar-refractivity contribution in [2.24, 2.45) is 52.3 Å². The minimum atomic E-state index is -8.41.